The summed E-state index contributed by atoms with van der Waals surface area (Å²) in [5, 5.41) is 6.05. The number of ether oxygens (including phenoxy) is 1. The van der Waals surface area contributed by atoms with E-state index in [-0.39, 0.29) is 5.91 Å². The summed E-state index contributed by atoms with van der Waals surface area (Å²) < 4.78 is 5.15. The van der Waals surface area contributed by atoms with Crippen molar-refractivity contribution in [3.05, 3.63) is 71.0 Å². The molecule has 0 fully saturated rings. The summed E-state index contributed by atoms with van der Waals surface area (Å²) in [6.07, 6.45) is 0. The van der Waals surface area contributed by atoms with Crippen molar-refractivity contribution in [1.82, 2.24) is 9.97 Å². The van der Waals surface area contributed by atoms with Crippen molar-refractivity contribution in [1.29, 1.82) is 0 Å². The van der Waals surface area contributed by atoms with Gasteiger partial charge in [0.1, 0.15) is 11.4 Å². The van der Waals surface area contributed by atoms with E-state index in [1.54, 1.807) is 13.2 Å². The Bertz CT molecular complexity index is 968. The fraction of sp³-hybridized carbons (Fsp3) is 0.190. The maximum Gasteiger partial charge on any atom is 0.274 e. The predicted molar refractivity (Wildman–Crippen MR) is 107 cm³/mol. The number of hydrogen-bond donors (Lipinski definition) is 2. The van der Waals surface area contributed by atoms with Crippen LogP contribution in [0.1, 0.15) is 27.3 Å². The molecular formula is C21H22N4O2. The smallest absolute Gasteiger partial charge is 0.274 e. The Morgan fingerprint density at radius 2 is 1.74 bits per heavy atom. The van der Waals surface area contributed by atoms with Crippen molar-refractivity contribution in [2.45, 2.75) is 20.8 Å². The van der Waals surface area contributed by atoms with Gasteiger partial charge in [0, 0.05) is 17.1 Å². The molecule has 6 nitrogen and oxygen atoms in total. The second-order valence-electron chi connectivity index (χ2n) is 6.27. The number of amides is 1. The summed E-state index contributed by atoms with van der Waals surface area (Å²) >= 11 is 0. The van der Waals surface area contributed by atoms with E-state index in [1.165, 1.54) is 0 Å². The minimum atomic E-state index is -0.271. The monoisotopic (exact) mass is 362 g/mol. The Labute approximate surface area is 158 Å². The molecule has 0 saturated carbocycles. The standard InChI is InChI=1S/C21H22N4O2/c1-13-6-5-7-18(15(13)3)24-20(26)19-12-14(2)22-21(25-19)23-16-8-10-17(27-4)11-9-16/h5-12H,1-4H3,(H,24,26)(H,22,23,25). The SMILES string of the molecule is COc1ccc(Nc2nc(C)cc(C(=O)Nc3cccc(C)c3C)n2)cc1. The molecule has 0 unspecified atom stereocenters. The molecule has 3 aromatic rings. The highest BCUT2D eigenvalue weighted by Gasteiger charge is 2.13. The van der Waals surface area contributed by atoms with Gasteiger partial charge in [0.2, 0.25) is 5.95 Å². The number of carbonyl (C=O) groups excluding carboxylic acids is 1. The molecule has 2 aromatic carbocycles. The van der Waals surface area contributed by atoms with Crippen molar-refractivity contribution in [3.8, 4) is 5.75 Å². The van der Waals surface area contributed by atoms with Gasteiger partial charge in [-0.3, -0.25) is 4.79 Å². The molecule has 1 amide bonds. The van der Waals surface area contributed by atoms with E-state index >= 15 is 0 Å². The summed E-state index contributed by atoms with van der Waals surface area (Å²) in [4.78, 5) is 21.4. The van der Waals surface area contributed by atoms with Gasteiger partial charge >= 0.3 is 0 Å². The van der Waals surface area contributed by atoms with Crippen molar-refractivity contribution >= 4 is 23.2 Å². The van der Waals surface area contributed by atoms with E-state index in [1.807, 2.05) is 63.2 Å². The van der Waals surface area contributed by atoms with Gasteiger partial charge in [-0.25, -0.2) is 9.97 Å². The Morgan fingerprint density at radius 1 is 1.00 bits per heavy atom. The molecule has 2 N–H and O–H groups in total. The molecule has 0 aliphatic carbocycles. The highest BCUT2D eigenvalue weighted by atomic mass is 16.5. The largest absolute Gasteiger partial charge is 0.497 e. The molecular weight excluding hydrogens is 340 g/mol. The molecule has 1 heterocycles. The van der Waals surface area contributed by atoms with Crippen molar-refractivity contribution in [3.63, 3.8) is 0 Å². The summed E-state index contributed by atoms with van der Waals surface area (Å²) in [5.41, 5.74) is 4.75. The maximum absolute atomic E-state index is 12.7. The fourth-order valence-corrected chi connectivity index (χ4v) is 2.62. The van der Waals surface area contributed by atoms with Gasteiger partial charge < -0.3 is 15.4 Å². The number of methoxy groups -OCH3 is 1. The lowest BCUT2D eigenvalue weighted by molar-refractivity contribution is 0.102. The van der Waals surface area contributed by atoms with Crippen molar-refractivity contribution in [2.75, 3.05) is 17.7 Å². The number of anilines is 3. The molecule has 138 valence electrons. The number of hydrogen-bond acceptors (Lipinski definition) is 5. The second-order valence-corrected chi connectivity index (χ2v) is 6.27. The number of rotatable bonds is 5. The molecule has 0 radical (unpaired) electrons. The fourth-order valence-electron chi connectivity index (χ4n) is 2.62. The average Bonchev–Trinajstić information content (AvgIpc) is 2.65. The van der Waals surface area contributed by atoms with Crippen LogP contribution < -0.4 is 15.4 Å². The highest BCUT2D eigenvalue weighted by molar-refractivity contribution is 6.03. The Hall–Kier alpha value is -3.41. The Morgan fingerprint density at radius 3 is 2.44 bits per heavy atom. The van der Waals surface area contributed by atoms with E-state index in [9.17, 15) is 4.79 Å². The average molecular weight is 362 g/mol. The number of aromatic nitrogens is 2. The zero-order chi connectivity index (χ0) is 19.4. The summed E-state index contributed by atoms with van der Waals surface area (Å²) in [5.74, 6) is 0.859. The first-order valence-corrected chi connectivity index (χ1v) is 8.60. The van der Waals surface area contributed by atoms with Crippen LogP contribution in [-0.2, 0) is 0 Å². The zero-order valence-electron chi connectivity index (χ0n) is 15.8. The van der Waals surface area contributed by atoms with E-state index in [0.717, 1.165) is 28.3 Å². The lowest BCUT2D eigenvalue weighted by atomic mass is 10.1. The molecule has 0 saturated heterocycles. The van der Waals surface area contributed by atoms with Gasteiger partial charge in [-0.2, -0.15) is 0 Å². The molecule has 0 bridgehead atoms. The van der Waals surface area contributed by atoms with Gasteiger partial charge in [0.25, 0.3) is 5.91 Å². The number of nitrogens with zero attached hydrogens (tertiary/aromatic N) is 2. The van der Waals surface area contributed by atoms with Crippen molar-refractivity contribution < 1.29 is 9.53 Å². The third-order valence-electron chi connectivity index (χ3n) is 4.29. The molecule has 0 spiro atoms. The number of aryl methyl sites for hydroxylation is 2. The van der Waals surface area contributed by atoms with E-state index in [0.29, 0.717) is 17.3 Å². The minimum Gasteiger partial charge on any atom is -0.497 e. The van der Waals surface area contributed by atoms with E-state index in [2.05, 4.69) is 20.6 Å². The van der Waals surface area contributed by atoms with Crippen LogP contribution in [0.3, 0.4) is 0 Å². The van der Waals surface area contributed by atoms with Gasteiger partial charge in [0.15, 0.2) is 0 Å². The first-order valence-electron chi connectivity index (χ1n) is 8.60. The second kappa shape index (κ2) is 7.86. The van der Waals surface area contributed by atoms with Gasteiger partial charge in [-0.05, 0) is 68.3 Å². The van der Waals surface area contributed by atoms with Gasteiger partial charge in [-0.1, -0.05) is 12.1 Å². The van der Waals surface area contributed by atoms with Gasteiger partial charge in [-0.15, -0.1) is 0 Å². The predicted octanol–water partition coefficient (Wildman–Crippen LogP) is 4.41. The molecule has 0 atom stereocenters. The minimum absolute atomic E-state index is 0.271. The van der Waals surface area contributed by atoms with E-state index < -0.39 is 0 Å². The number of nitrogens with one attached hydrogen (secondary N) is 2. The van der Waals surface area contributed by atoms with Crippen LogP contribution in [0.15, 0.2) is 48.5 Å². The zero-order valence-corrected chi connectivity index (χ0v) is 15.8. The lowest BCUT2D eigenvalue weighted by Gasteiger charge is -2.11. The van der Waals surface area contributed by atoms with Crippen LogP contribution in [0, 0.1) is 20.8 Å². The maximum atomic E-state index is 12.7. The van der Waals surface area contributed by atoms with Gasteiger partial charge in [0.05, 0.1) is 7.11 Å². The molecule has 0 aliphatic heterocycles. The van der Waals surface area contributed by atoms with Crippen LogP contribution in [-0.4, -0.2) is 23.0 Å². The van der Waals surface area contributed by atoms with Crippen LogP contribution >= 0.6 is 0 Å². The molecule has 27 heavy (non-hydrogen) atoms. The highest BCUT2D eigenvalue weighted by Crippen LogP contribution is 2.20. The molecule has 0 aliphatic rings. The number of carbonyl (C=O) groups is 1. The third-order valence-corrected chi connectivity index (χ3v) is 4.29. The van der Waals surface area contributed by atoms with E-state index in [4.69, 9.17) is 4.74 Å². The first kappa shape index (κ1) is 18.4. The third kappa shape index (κ3) is 4.41. The van der Waals surface area contributed by atoms with Crippen LogP contribution in [0.5, 0.6) is 5.75 Å². The summed E-state index contributed by atoms with van der Waals surface area (Å²) in [7, 11) is 1.62. The number of benzene rings is 2. The van der Waals surface area contributed by atoms with Crippen LogP contribution in [0.4, 0.5) is 17.3 Å². The first-order chi connectivity index (χ1) is 13.0. The Kier molecular flexibility index (Phi) is 5.35. The topological polar surface area (TPSA) is 76.1 Å². The lowest BCUT2D eigenvalue weighted by Crippen LogP contribution is -2.16. The van der Waals surface area contributed by atoms with Crippen LogP contribution in [0.25, 0.3) is 0 Å². The summed E-state index contributed by atoms with van der Waals surface area (Å²) in [6.45, 7) is 5.82. The molecule has 6 heteroatoms. The molecule has 1 aromatic heterocycles. The van der Waals surface area contributed by atoms with Crippen molar-refractivity contribution in [2.24, 2.45) is 0 Å². The quantitative estimate of drug-likeness (QED) is 0.703. The Balaban J connectivity index is 1.81. The summed E-state index contributed by atoms with van der Waals surface area (Å²) in [6, 6.07) is 14.9. The normalized spacial score (nSPS) is 10.4. The van der Waals surface area contributed by atoms with Crippen LogP contribution in [0.2, 0.25) is 0 Å². The molecule has 3 rings (SSSR count).